The number of nitrogens with one attached hydrogen (secondary N) is 1. The van der Waals surface area contributed by atoms with Crippen LogP contribution in [0, 0.1) is 17.8 Å². The molecule has 2 aliphatic rings. The standard InChI is InChI=1S/C11H21N/c1-3-12-8(2)11-9-6-4-5-7-10(9)11/h8-12H,3-7H2,1-2H3. The molecule has 0 aliphatic heterocycles. The monoisotopic (exact) mass is 167 g/mol. The topological polar surface area (TPSA) is 12.0 Å². The van der Waals surface area contributed by atoms with E-state index in [9.17, 15) is 0 Å². The van der Waals surface area contributed by atoms with Gasteiger partial charge in [0.05, 0.1) is 0 Å². The molecule has 0 heterocycles. The third-order valence-electron chi connectivity index (χ3n) is 3.83. The maximum absolute atomic E-state index is 3.56. The zero-order valence-corrected chi connectivity index (χ0v) is 8.34. The highest BCUT2D eigenvalue weighted by atomic mass is 14.9. The lowest BCUT2D eigenvalue weighted by atomic mass is 10.0. The summed E-state index contributed by atoms with van der Waals surface area (Å²) in [5.41, 5.74) is 0. The Labute approximate surface area is 75.9 Å². The number of hydrogen-bond donors (Lipinski definition) is 1. The molecule has 2 saturated carbocycles. The van der Waals surface area contributed by atoms with Crippen LogP contribution in [0.2, 0.25) is 0 Å². The van der Waals surface area contributed by atoms with E-state index in [1.807, 2.05) is 0 Å². The summed E-state index contributed by atoms with van der Waals surface area (Å²) in [7, 11) is 0. The lowest BCUT2D eigenvalue weighted by Gasteiger charge is -2.11. The van der Waals surface area contributed by atoms with E-state index in [1.165, 1.54) is 25.7 Å². The number of hydrogen-bond acceptors (Lipinski definition) is 1. The van der Waals surface area contributed by atoms with Crippen LogP contribution in [0.15, 0.2) is 0 Å². The van der Waals surface area contributed by atoms with E-state index in [0.717, 1.165) is 30.3 Å². The predicted octanol–water partition coefficient (Wildman–Crippen LogP) is 2.42. The van der Waals surface area contributed by atoms with Crippen molar-refractivity contribution < 1.29 is 0 Å². The van der Waals surface area contributed by atoms with Crippen LogP contribution in [0.3, 0.4) is 0 Å². The van der Waals surface area contributed by atoms with Gasteiger partial charge in [0.2, 0.25) is 0 Å². The van der Waals surface area contributed by atoms with Crippen molar-refractivity contribution in [3.8, 4) is 0 Å². The number of fused-ring (bicyclic) bond motifs is 1. The molecule has 0 amide bonds. The maximum atomic E-state index is 3.56. The van der Waals surface area contributed by atoms with E-state index >= 15 is 0 Å². The average Bonchev–Trinajstić information content (AvgIpc) is 2.78. The van der Waals surface area contributed by atoms with Gasteiger partial charge in [0.25, 0.3) is 0 Å². The summed E-state index contributed by atoms with van der Waals surface area (Å²) in [4.78, 5) is 0. The van der Waals surface area contributed by atoms with Gasteiger partial charge in [0, 0.05) is 6.04 Å². The van der Waals surface area contributed by atoms with Crippen molar-refractivity contribution in [1.82, 2.24) is 5.32 Å². The Bertz CT molecular complexity index is 143. The smallest absolute Gasteiger partial charge is 0.00723 e. The van der Waals surface area contributed by atoms with Gasteiger partial charge in [-0.1, -0.05) is 19.8 Å². The first-order valence-electron chi connectivity index (χ1n) is 5.58. The molecular weight excluding hydrogens is 146 g/mol. The molecule has 3 atom stereocenters. The van der Waals surface area contributed by atoms with E-state index in [-0.39, 0.29) is 0 Å². The molecular formula is C11H21N. The van der Waals surface area contributed by atoms with Crippen molar-refractivity contribution in [2.24, 2.45) is 17.8 Å². The molecule has 0 aromatic heterocycles. The van der Waals surface area contributed by atoms with Crippen LogP contribution in [0.25, 0.3) is 0 Å². The highest BCUT2D eigenvalue weighted by molar-refractivity contribution is 5.03. The van der Waals surface area contributed by atoms with Crippen LogP contribution < -0.4 is 5.32 Å². The maximum Gasteiger partial charge on any atom is 0.00723 e. The Morgan fingerprint density at radius 2 is 1.83 bits per heavy atom. The van der Waals surface area contributed by atoms with Crippen molar-refractivity contribution >= 4 is 0 Å². The molecule has 2 aliphatic carbocycles. The fourth-order valence-electron chi connectivity index (χ4n) is 3.25. The van der Waals surface area contributed by atoms with Gasteiger partial charge in [-0.05, 0) is 44.1 Å². The van der Waals surface area contributed by atoms with Crippen molar-refractivity contribution in [3.05, 3.63) is 0 Å². The highest BCUT2D eigenvalue weighted by Crippen LogP contribution is 2.56. The molecule has 2 fully saturated rings. The van der Waals surface area contributed by atoms with Crippen LogP contribution >= 0.6 is 0 Å². The largest absolute Gasteiger partial charge is 0.314 e. The molecule has 0 aromatic rings. The van der Waals surface area contributed by atoms with Crippen molar-refractivity contribution in [1.29, 1.82) is 0 Å². The summed E-state index contributed by atoms with van der Waals surface area (Å²) in [6.45, 7) is 5.71. The van der Waals surface area contributed by atoms with Gasteiger partial charge in [-0.3, -0.25) is 0 Å². The molecule has 1 N–H and O–H groups in total. The summed E-state index contributed by atoms with van der Waals surface area (Å²) in [6, 6.07) is 0.781. The van der Waals surface area contributed by atoms with E-state index in [2.05, 4.69) is 19.2 Å². The first-order chi connectivity index (χ1) is 5.84. The zero-order valence-electron chi connectivity index (χ0n) is 8.34. The molecule has 0 bridgehead atoms. The first-order valence-corrected chi connectivity index (χ1v) is 5.58. The zero-order chi connectivity index (χ0) is 8.55. The van der Waals surface area contributed by atoms with Crippen LogP contribution in [0.1, 0.15) is 39.5 Å². The minimum absolute atomic E-state index is 0.781. The molecule has 12 heavy (non-hydrogen) atoms. The Hall–Kier alpha value is -0.0400. The summed E-state index contributed by atoms with van der Waals surface area (Å²) < 4.78 is 0. The fraction of sp³-hybridized carbons (Fsp3) is 1.00. The van der Waals surface area contributed by atoms with Gasteiger partial charge in [-0.2, -0.15) is 0 Å². The van der Waals surface area contributed by atoms with Gasteiger partial charge in [0.1, 0.15) is 0 Å². The lowest BCUT2D eigenvalue weighted by Crippen LogP contribution is -2.28. The Balaban J connectivity index is 1.83. The van der Waals surface area contributed by atoms with E-state index in [1.54, 1.807) is 0 Å². The van der Waals surface area contributed by atoms with Crippen LogP contribution in [0.5, 0.6) is 0 Å². The summed E-state index contributed by atoms with van der Waals surface area (Å²) >= 11 is 0. The minimum Gasteiger partial charge on any atom is -0.314 e. The molecule has 3 unspecified atom stereocenters. The second-order valence-corrected chi connectivity index (χ2v) is 4.54. The van der Waals surface area contributed by atoms with E-state index < -0.39 is 0 Å². The van der Waals surface area contributed by atoms with Crippen molar-refractivity contribution in [2.75, 3.05) is 6.54 Å². The molecule has 2 rings (SSSR count). The third kappa shape index (κ3) is 1.39. The second kappa shape index (κ2) is 3.37. The molecule has 0 saturated heterocycles. The van der Waals surface area contributed by atoms with Gasteiger partial charge in [0.15, 0.2) is 0 Å². The van der Waals surface area contributed by atoms with Gasteiger partial charge >= 0.3 is 0 Å². The SMILES string of the molecule is CCNC(C)C1C2CCCCC21. The summed E-state index contributed by atoms with van der Waals surface area (Å²) in [6.07, 6.45) is 6.03. The Morgan fingerprint density at radius 3 is 2.33 bits per heavy atom. The number of rotatable bonds is 3. The fourth-order valence-corrected chi connectivity index (χ4v) is 3.25. The van der Waals surface area contributed by atoms with Gasteiger partial charge < -0.3 is 5.32 Å². The summed E-state index contributed by atoms with van der Waals surface area (Å²) in [5.74, 6) is 3.24. The minimum atomic E-state index is 0.781. The molecule has 1 heteroatoms. The van der Waals surface area contributed by atoms with Gasteiger partial charge in [-0.15, -0.1) is 0 Å². The molecule has 0 aromatic carbocycles. The Kier molecular flexibility index (Phi) is 2.40. The molecule has 70 valence electrons. The third-order valence-corrected chi connectivity index (χ3v) is 3.83. The van der Waals surface area contributed by atoms with Crippen LogP contribution in [-0.4, -0.2) is 12.6 Å². The molecule has 0 spiro atoms. The van der Waals surface area contributed by atoms with E-state index in [0.29, 0.717) is 0 Å². The first kappa shape index (κ1) is 8.55. The quantitative estimate of drug-likeness (QED) is 0.680. The van der Waals surface area contributed by atoms with Crippen LogP contribution in [-0.2, 0) is 0 Å². The predicted molar refractivity (Wildman–Crippen MR) is 52.1 cm³/mol. The van der Waals surface area contributed by atoms with Crippen molar-refractivity contribution in [3.63, 3.8) is 0 Å². The average molecular weight is 167 g/mol. The molecule has 0 radical (unpaired) electrons. The van der Waals surface area contributed by atoms with Crippen LogP contribution in [0.4, 0.5) is 0 Å². The highest BCUT2D eigenvalue weighted by Gasteiger charge is 2.52. The van der Waals surface area contributed by atoms with E-state index in [4.69, 9.17) is 0 Å². The van der Waals surface area contributed by atoms with Gasteiger partial charge in [-0.25, -0.2) is 0 Å². The normalized spacial score (nSPS) is 42.0. The van der Waals surface area contributed by atoms with Crippen molar-refractivity contribution in [2.45, 2.75) is 45.6 Å². The molecule has 1 nitrogen and oxygen atoms in total. The Morgan fingerprint density at radius 1 is 1.25 bits per heavy atom. The lowest BCUT2D eigenvalue weighted by molar-refractivity contribution is 0.472. The summed E-state index contributed by atoms with van der Waals surface area (Å²) in [5, 5.41) is 3.56. The second-order valence-electron chi connectivity index (χ2n) is 4.54.